The molecule has 1 N–H and O–H groups in total. The van der Waals surface area contributed by atoms with E-state index >= 15 is 0 Å². The van der Waals surface area contributed by atoms with Crippen molar-refractivity contribution in [2.45, 2.75) is 25.9 Å². The summed E-state index contributed by atoms with van der Waals surface area (Å²) in [5.41, 5.74) is 0. The van der Waals surface area contributed by atoms with E-state index in [1.807, 2.05) is 7.05 Å². The Balaban J connectivity index is 1.84. The number of nitrogens with one attached hydrogen (secondary N) is 1. The lowest BCUT2D eigenvalue weighted by atomic mass is 10.4. The Kier molecular flexibility index (Phi) is 1.84. The third-order valence-corrected chi connectivity index (χ3v) is 2.44. The highest BCUT2D eigenvalue weighted by atomic mass is 15.3. The van der Waals surface area contributed by atoms with Crippen molar-refractivity contribution in [3.8, 4) is 0 Å². The van der Waals surface area contributed by atoms with Crippen LogP contribution >= 0.6 is 0 Å². The minimum Gasteiger partial charge on any atom is -0.307 e. The lowest BCUT2D eigenvalue weighted by Crippen LogP contribution is -2.19. The van der Waals surface area contributed by atoms with E-state index in [0.29, 0.717) is 6.04 Å². The summed E-state index contributed by atoms with van der Waals surface area (Å²) in [6.07, 6.45) is 2.89. The number of hydrogen-bond donors (Lipinski definition) is 1. The number of nitrogens with zero attached hydrogens (tertiary/aromatic N) is 3. The van der Waals surface area contributed by atoms with Gasteiger partial charge in [0.05, 0.1) is 6.54 Å². The highest BCUT2D eigenvalue weighted by molar-refractivity contribution is 4.92. The van der Waals surface area contributed by atoms with Gasteiger partial charge in [-0.05, 0) is 12.3 Å². The Bertz CT molecular complexity index is 268. The Morgan fingerprint density at radius 3 is 3.00 bits per heavy atom. The van der Waals surface area contributed by atoms with E-state index in [-0.39, 0.29) is 0 Å². The summed E-state index contributed by atoms with van der Waals surface area (Å²) in [6, 6.07) is 0.710. The van der Waals surface area contributed by atoms with Crippen LogP contribution in [0.5, 0.6) is 0 Å². The highest BCUT2D eigenvalue weighted by Crippen LogP contribution is 2.28. The zero-order valence-electron chi connectivity index (χ0n) is 7.49. The molecule has 1 aromatic rings. The van der Waals surface area contributed by atoms with E-state index < -0.39 is 0 Å². The normalized spacial score (nSPS) is 27.5. The molecule has 1 aliphatic rings. The zero-order chi connectivity index (χ0) is 8.55. The highest BCUT2D eigenvalue weighted by Gasteiger charge is 2.31. The van der Waals surface area contributed by atoms with Gasteiger partial charge in [-0.25, -0.2) is 4.98 Å². The van der Waals surface area contributed by atoms with E-state index in [9.17, 15) is 0 Å². The van der Waals surface area contributed by atoms with E-state index in [4.69, 9.17) is 0 Å². The largest absolute Gasteiger partial charge is 0.307 e. The molecular formula is C8H14N4. The summed E-state index contributed by atoms with van der Waals surface area (Å²) >= 11 is 0. The standard InChI is InChI=1S/C8H14N4/c1-6-3-7(6)9-4-8-10-5-11-12(8)2/h5-7,9H,3-4H2,1-2H3. The molecule has 0 spiro atoms. The van der Waals surface area contributed by atoms with Gasteiger partial charge in [-0.3, -0.25) is 4.68 Å². The van der Waals surface area contributed by atoms with Gasteiger partial charge in [0, 0.05) is 13.1 Å². The summed E-state index contributed by atoms with van der Waals surface area (Å²) in [5, 5.41) is 7.43. The van der Waals surface area contributed by atoms with Gasteiger partial charge in [0.1, 0.15) is 12.2 Å². The molecule has 2 rings (SSSR count). The Labute approximate surface area is 72.0 Å². The summed E-state index contributed by atoms with van der Waals surface area (Å²) in [7, 11) is 1.92. The van der Waals surface area contributed by atoms with Crippen molar-refractivity contribution in [2.75, 3.05) is 0 Å². The molecule has 12 heavy (non-hydrogen) atoms. The minimum absolute atomic E-state index is 0.710. The first-order valence-electron chi connectivity index (χ1n) is 4.33. The van der Waals surface area contributed by atoms with Crippen molar-refractivity contribution in [3.63, 3.8) is 0 Å². The molecule has 1 saturated carbocycles. The van der Waals surface area contributed by atoms with Gasteiger partial charge in [-0.1, -0.05) is 6.92 Å². The quantitative estimate of drug-likeness (QED) is 0.703. The van der Waals surface area contributed by atoms with E-state index in [2.05, 4.69) is 22.3 Å². The molecule has 4 nitrogen and oxygen atoms in total. The van der Waals surface area contributed by atoms with Gasteiger partial charge in [0.2, 0.25) is 0 Å². The summed E-state index contributed by atoms with van der Waals surface area (Å²) in [5.74, 6) is 1.85. The first-order valence-corrected chi connectivity index (χ1v) is 4.33. The summed E-state index contributed by atoms with van der Waals surface area (Å²) < 4.78 is 1.81. The molecular weight excluding hydrogens is 152 g/mol. The smallest absolute Gasteiger partial charge is 0.140 e. The summed E-state index contributed by atoms with van der Waals surface area (Å²) in [4.78, 5) is 4.13. The van der Waals surface area contributed by atoms with Crippen LogP contribution in [0.15, 0.2) is 6.33 Å². The van der Waals surface area contributed by atoms with Crippen molar-refractivity contribution >= 4 is 0 Å². The van der Waals surface area contributed by atoms with Crippen LogP contribution in [0.1, 0.15) is 19.2 Å². The van der Waals surface area contributed by atoms with Gasteiger partial charge >= 0.3 is 0 Å². The fourth-order valence-electron chi connectivity index (χ4n) is 1.31. The van der Waals surface area contributed by atoms with E-state index in [1.54, 1.807) is 11.0 Å². The lowest BCUT2D eigenvalue weighted by molar-refractivity contribution is 0.594. The van der Waals surface area contributed by atoms with Crippen molar-refractivity contribution < 1.29 is 0 Å². The number of aryl methyl sites for hydroxylation is 1. The fourth-order valence-corrected chi connectivity index (χ4v) is 1.31. The van der Waals surface area contributed by atoms with Gasteiger partial charge in [0.15, 0.2) is 0 Å². The molecule has 0 saturated heterocycles. The maximum atomic E-state index is 4.13. The Morgan fingerprint density at radius 1 is 1.75 bits per heavy atom. The second-order valence-electron chi connectivity index (χ2n) is 3.50. The molecule has 0 radical (unpaired) electrons. The molecule has 0 aromatic carbocycles. The van der Waals surface area contributed by atoms with Crippen LogP contribution < -0.4 is 5.32 Å². The average molecular weight is 166 g/mol. The maximum absolute atomic E-state index is 4.13. The van der Waals surface area contributed by atoms with Crippen molar-refractivity contribution in [2.24, 2.45) is 13.0 Å². The predicted octanol–water partition coefficient (Wildman–Crippen LogP) is 0.313. The average Bonchev–Trinajstić information content (AvgIpc) is 2.57. The maximum Gasteiger partial charge on any atom is 0.140 e. The molecule has 66 valence electrons. The van der Waals surface area contributed by atoms with Crippen LogP contribution in [0.2, 0.25) is 0 Å². The minimum atomic E-state index is 0.710. The summed E-state index contributed by atoms with van der Waals surface area (Å²) in [6.45, 7) is 3.10. The molecule has 1 fully saturated rings. The molecule has 1 heterocycles. The molecule has 4 heteroatoms. The lowest BCUT2D eigenvalue weighted by Gasteiger charge is -2.01. The van der Waals surface area contributed by atoms with Gasteiger partial charge in [-0.2, -0.15) is 5.10 Å². The topological polar surface area (TPSA) is 42.7 Å². The second-order valence-corrected chi connectivity index (χ2v) is 3.50. The van der Waals surface area contributed by atoms with Crippen LogP contribution in [-0.4, -0.2) is 20.8 Å². The van der Waals surface area contributed by atoms with Crippen molar-refractivity contribution in [1.82, 2.24) is 20.1 Å². The van der Waals surface area contributed by atoms with Crippen LogP contribution in [0, 0.1) is 5.92 Å². The predicted molar refractivity (Wildman–Crippen MR) is 45.4 cm³/mol. The monoisotopic (exact) mass is 166 g/mol. The zero-order valence-corrected chi connectivity index (χ0v) is 7.49. The molecule has 1 aromatic heterocycles. The number of hydrogen-bond acceptors (Lipinski definition) is 3. The first kappa shape index (κ1) is 7.73. The molecule has 1 aliphatic carbocycles. The van der Waals surface area contributed by atoms with Crippen LogP contribution in [-0.2, 0) is 13.6 Å². The molecule has 0 aliphatic heterocycles. The molecule has 2 atom stereocenters. The first-order chi connectivity index (χ1) is 5.77. The van der Waals surface area contributed by atoms with E-state index in [1.165, 1.54) is 6.42 Å². The third-order valence-electron chi connectivity index (χ3n) is 2.44. The third kappa shape index (κ3) is 1.48. The molecule has 0 amide bonds. The van der Waals surface area contributed by atoms with Crippen molar-refractivity contribution in [1.29, 1.82) is 0 Å². The van der Waals surface area contributed by atoms with Crippen LogP contribution in [0.3, 0.4) is 0 Å². The number of aromatic nitrogens is 3. The number of rotatable bonds is 3. The van der Waals surface area contributed by atoms with Gasteiger partial charge in [0.25, 0.3) is 0 Å². The van der Waals surface area contributed by atoms with Crippen LogP contribution in [0.25, 0.3) is 0 Å². The van der Waals surface area contributed by atoms with Gasteiger partial charge < -0.3 is 5.32 Å². The Morgan fingerprint density at radius 2 is 2.50 bits per heavy atom. The molecule has 2 unspecified atom stereocenters. The molecule has 0 bridgehead atoms. The van der Waals surface area contributed by atoms with Crippen LogP contribution in [0.4, 0.5) is 0 Å². The fraction of sp³-hybridized carbons (Fsp3) is 0.750. The Hall–Kier alpha value is -0.900. The van der Waals surface area contributed by atoms with E-state index in [0.717, 1.165) is 18.3 Å². The second kappa shape index (κ2) is 2.86. The van der Waals surface area contributed by atoms with Crippen molar-refractivity contribution in [3.05, 3.63) is 12.2 Å². The SMILES string of the molecule is CC1CC1NCc1ncnn1C. The van der Waals surface area contributed by atoms with Gasteiger partial charge in [-0.15, -0.1) is 0 Å².